The van der Waals surface area contributed by atoms with E-state index in [1.807, 2.05) is 18.2 Å². The zero-order valence-corrected chi connectivity index (χ0v) is 11.3. The van der Waals surface area contributed by atoms with Crippen LogP contribution in [0.4, 0.5) is 0 Å². The Morgan fingerprint density at radius 2 is 0.810 bits per heavy atom. The molecular formula is C18H16O3. The highest BCUT2D eigenvalue weighted by Crippen LogP contribution is 2.34. The van der Waals surface area contributed by atoms with Gasteiger partial charge in [-0.25, -0.2) is 0 Å². The fraction of sp³-hybridized carbons (Fsp3) is 0. The molecule has 3 heteroatoms. The lowest BCUT2D eigenvalue weighted by molar-refractivity contribution is 0.469. The Balaban J connectivity index is 0.000000194. The van der Waals surface area contributed by atoms with Crippen molar-refractivity contribution in [1.82, 2.24) is 0 Å². The van der Waals surface area contributed by atoms with Crippen LogP contribution in [0.2, 0.25) is 0 Å². The molecule has 3 aromatic rings. The van der Waals surface area contributed by atoms with Crippen molar-refractivity contribution < 1.29 is 15.3 Å². The summed E-state index contributed by atoms with van der Waals surface area (Å²) in [5.41, 5.74) is 1.29. The number of aromatic hydroxyl groups is 3. The lowest BCUT2D eigenvalue weighted by Crippen LogP contribution is -1.79. The van der Waals surface area contributed by atoms with Gasteiger partial charge in [0.1, 0.15) is 17.2 Å². The highest BCUT2D eigenvalue weighted by molar-refractivity contribution is 5.74. The van der Waals surface area contributed by atoms with Gasteiger partial charge in [-0.05, 0) is 24.3 Å². The standard InChI is InChI=1S/C12H10O2.C6H6O/c13-11-7-3-1-5-9(11)10-6-2-4-8-12(10)14;7-6-4-2-1-3-5-6/h1-8,13-14H;1-5,7H. The number of para-hydroxylation sites is 3. The maximum absolute atomic E-state index is 9.58. The Labute approximate surface area is 123 Å². The van der Waals surface area contributed by atoms with E-state index in [1.54, 1.807) is 60.7 Å². The summed E-state index contributed by atoms with van der Waals surface area (Å²) in [5, 5.41) is 27.8. The molecule has 0 atom stereocenters. The van der Waals surface area contributed by atoms with Crippen molar-refractivity contribution in [2.75, 3.05) is 0 Å². The summed E-state index contributed by atoms with van der Waals surface area (Å²) in [6, 6.07) is 22.6. The van der Waals surface area contributed by atoms with Crippen LogP contribution in [0.1, 0.15) is 0 Å². The Kier molecular flexibility index (Phi) is 4.83. The Morgan fingerprint density at radius 3 is 1.14 bits per heavy atom. The van der Waals surface area contributed by atoms with Crippen LogP contribution in [0.5, 0.6) is 17.2 Å². The van der Waals surface area contributed by atoms with Gasteiger partial charge in [0.25, 0.3) is 0 Å². The summed E-state index contributed by atoms with van der Waals surface area (Å²) in [5.74, 6) is 0.672. The van der Waals surface area contributed by atoms with Crippen molar-refractivity contribution in [3.05, 3.63) is 78.9 Å². The number of phenols is 3. The third-order valence-corrected chi connectivity index (χ3v) is 2.85. The number of phenolic OH excluding ortho intramolecular Hbond substituents is 3. The molecule has 0 aromatic heterocycles. The maximum Gasteiger partial charge on any atom is 0.123 e. The normalized spacial score (nSPS) is 9.52. The number of hydrogen-bond acceptors (Lipinski definition) is 3. The third-order valence-electron chi connectivity index (χ3n) is 2.85. The molecule has 0 heterocycles. The first-order valence-corrected chi connectivity index (χ1v) is 6.49. The molecule has 0 bridgehead atoms. The van der Waals surface area contributed by atoms with E-state index in [-0.39, 0.29) is 11.5 Å². The maximum atomic E-state index is 9.58. The van der Waals surface area contributed by atoms with Gasteiger partial charge in [0.15, 0.2) is 0 Å². The van der Waals surface area contributed by atoms with Gasteiger partial charge >= 0.3 is 0 Å². The molecule has 21 heavy (non-hydrogen) atoms. The zero-order chi connectivity index (χ0) is 15.1. The van der Waals surface area contributed by atoms with E-state index in [0.29, 0.717) is 16.9 Å². The summed E-state index contributed by atoms with van der Waals surface area (Å²) in [7, 11) is 0. The third kappa shape index (κ3) is 4.01. The van der Waals surface area contributed by atoms with Crippen molar-refractivity contribution >= 4 is 0 Å². The topological polar surface area (TPSA) is 60.7 Å². The predicted octanol–water partition coefficient (Wildman–Crippen LogP) is 4.16. The summed E-state index contributed by atoms with van der Waals surface area (Å²) in [6.45, 7) is 0. The first-order chi connectivity index (χ1) is 10.2. The second-order valence-electron chi connectivity index (χ2n) is 4.37. The molecule has 0 spiro atoms. The minimum Gasteiger partial charge on any atom is -0.508 e. The monoisotopic (exact) mass is 280 g/mol. The summed E-state index contributed by atoms with van der Waals surface area (Å²) in [4.78, 5) is 0. The van der Waals surface area contributed by atoms with E-state index in [2.05, 4.69) is 0 Å². The highest BCUT2D eigenvalue weighted by atomic mass is 16.3. The largest absolute Gasteiger partial charge is 0.508 e. The van der Waals surface area contributed by atoms with Gasteiger partial charge < -0.3 is 15.3 Å². The fourth-order valence-corrected chi connectivity index (χ4v) is 1.83. The number of hydrogen-bond donors (Lipinski definition) is 3. The quantitative estimate of drug-likeness (QED) is 0.627. The average molecular weight is 280 g/mol. The van der Waals surface area contributed by atoms with Crippen LogP contribution < -0.4 is 0 Å². The van der Waals surface area contributed by atoms with Crippen LogP contribution in [0.15, 0.2) is 78.9 Å². The van der Waals surface area contributed by atoms with Crippen LogP contribution in [-0.2, 0) is 0 Å². The van der Waals surface area contributed by atoms with E-state index < -0.39 is 0 Å². The SMILES string of the molecule is Oc1ccccc1.Oc1ccccc1-c1ccccc1O. The van der Waals surface area contributed by atoms with E-state index in [9.17, 15) is 10.2 Å². The smallest absolute Gasteiger partial charge is 0.123 e. The molecular weight excluding hydrogens is 264 g/mol. The van der Waals surface area contributed by atoms with Gasteiger partial charge in [-0.15, -0.1) is 0 Å². The second-order valence-corrected chi connectivity index (χ2v) is 4.37. The molecule has 0 fully saturated rings. The van der Waals surface area contributed by atoms with Crippen molar-refractivity contribution in [2.45, 2.75) is 0 Å². The van der Waals surface area contributed by atoms with Gasteiger partial charge in [-0.3, -0.25) is 0 Å². The van der Waals surface area contributed by atoms with E-state index in [0.717, 1.165) is 0 Å². The molecule has 0 aliphatic carbocycles. The molecule has 3 rings (SSSR count). The van der Waals surface area contributed by atoms with Crippen LogP contribution in [-0.4, -0.2) is 15.3 Å². The molecule has 0 saturated carbocycles. The minimum absolute atomic E-state index is 0.175. The van der Waals surface area contributed by atoms with Gasteiger partial charge in [0.05, 0.1) is 0 Å². The molecule has 3 N–H and O–H groups in total. The number of rotatable bonds is 1. The van der Waals surface area contributed by atoms with E-state index in [4.69, 9.17) is 5.11 Å². The Morgan fingerprint density at radius 1 is 0.429 bits per heavy atom. The van der Waals surface area contributed by atoms with Crippen LogP contribution >= 0.6 is 0 Å². The lowest BCUT2D eigenvalue weighted by Gasteiger charge is -2.05. The van der Waals surface area contributed by atoms with Crippen LogP contribution in [0, 0.1) is 0 Å². The van der Waals surface area contributed by atoms with Crippen LogP contribution in [0.3, 0.4) is 0 Å². The van der Waals surface area contributed by atoms with Crippen molar-refractivity contribution in [1.29, 1.82) is 0 Å². The summed E-state index contributed by atoms with van der Waals surface area (Å²) < 4.78 is 0. The van der Waals surface area contributed by atoms with Gasteiger partial charge in [-0.1, -0.05) is 54.6 Å². The number of benzene rings is 3. The van der Waals surface area contributed by atoms with Gasteiger partial charge in [0.2, 0.25) is 0 Å². The zero-order valence-electron chi connectivity index (χ0n) is 11.3. The second kappa shape index (κ2) is 7.01. The van der Waals surface area contributed by atoms with Crippen molar-refractivity contribution in [3.63, 3.8) is 0 Å². The Hall–Kier alpha value is -2.94. The lowest BCUT2D eigenvalue weighted by atomic mass is 10.0. The van der Waals surface area contributed by atoms with Gasteiger partial charge in [-0.2, -0.15) is 0 Å². The average Bonchev–Trinajstić information content (AvgIpc) is 2.50. The van der Waals surface area contributed by atoms with Crippen molar-refractivity contribution in [3.8, 4) is 28.4 Å². The molecule has 0 amide bonds. The van der Waals surface area contributed by atoms with E-state index >= 15 is 0 Å². The highest BCUT2D eigenvalue weighted by Gasteiger charge is 2.06. The molecule has 0 radical (unpaired) electrons. The molecule has 0 aliphatic rings. The summed E-state index contributed by atoms with van der Waals surface area (Å²) >= 11 is 0. The molecule has 0 saturated heterocycles. The molecule has 3 aromatic carbocycles. The van der Waals surface area contributed by atoms with E-state index in [1.165, 1.54) is 0 Å². The molecule has 3 nitrogen and oxygen atoms in total. The minimum atomic E-state index is 0.175. The molecule has 0 aliphatic heterocycles. The van der Waals surface area contributed by atoms with Gasteiger partial charge in [0, 0.05) is 11.1 Å². The fourth-order valence-electron chi connectivity index (χ4n) is 1.83. The first kappa shape index (κ1) is 14.5. The summed E-state index contributed by atoms with van der Waals surface area (Å²) in [6.07, 6.45) is 0. The predicted molar refractivity (Wildman–Crippen MR) is 83.3 cm³/mol. The molecule has 106 valence electrons. The first-order valence-electron chi connectivity index (χ1n) is 6.49. The Bertz CT molecular complexity index is 650. The van der Waals surface area contributed by atoms with Crippen molar-refractivity contribution in [2.24, 2.45) is 0 Å². The van der Waals surface area contributed by atoms with Crippen LogP contribution in [0.25, 0.3) is 11.1 Å². The molecule has 0 unspecified atom stereocenters.